The lowest BCUT2D eigenvalue weighted by atomic mass is 10.2. The van der Waals surface area contributed by atoms with E-state index in [2.05, 4.69) is 4.90 Å². The lowest BCUT2D eigenvalue weighted by Gasteiger charge is -2.22. The van der Waals surface area contributed by atoms with Gasteiger partial charge in [0.25, 0.3) is 5.91 Å². The molecule has 20 heavy (non-hydrogen) atoms. The van der Waals surface area contributed by atoms with Crippen molar-refractivity contribution in [1.29, 1.82) is 0 Å². The summed E-state index contributed by atoms with van der Waals surface area (Å²) in [6.07, 6.45) is 2.50. The van der Waals surface area contributed by atoms with Gasteiger partial charge in [0.2, 0.25) is 0 Å². The van der Waals surface area contributed by atoms with Crippen LogP contribution in [0.3, 0.4) is 0 Å². The molecular formula is C14H19Cl2N3O. The maximum atomic E-state index is 12.3. The fraction of sp³-hybridized carbons (Fsp3) is 0.500. The molecule has 1 aliphatic rings. The second-order valence-corrected chi connectivity index (χ2v) is 5.94. The van der Waals surface area contributed by atoms with Crippen molar-refractivity contribution in [3.63, 3.8) is 0 Å². The van der Waals surface area contributed by atoms with Crippen molar-refractivity contribution in [3.8, 4) is 0 Å². The lowest BCUT2D eigenvalue weighted by Crippen LogP contribution is -2.35. The van der Waals surface area contributed by atoms with Crippen LogP contribution < -0.4 is 5.73 Å². The molecule has 1 aromatic rings. The third-order valence-corrected chi connectivity index (χ3v) is 4.25. The molecule has 0 spiro atoms. The Morgan fingerprint density at radius 2 is 1.85 bits per heavy atom. The first-order valence-corrected chi connectivity index (χ1v) is 7.47. The molecule has 2 N–H and O–H groups in total. The molecule has 110 valence electrons. The summed E-state index contributed by atoms with van der Waals surface area (Å²) in [5, 5.41) is 0.627. The number of nitrogen functional groups attached to an aromatic ring is 1. The van der Waals surface area contributed by atoms with E-state index in [4.69, 9.17) is 28.9 Å². The summed E-state index contributed by atoms with van der Waals surface area (Å²) in [5.41, 5.74) is 6.45. The van der Waals surface area contributed by atoms with E-state index in [1.807, 2.05) is 0 Å². The van der Waals surface area contributed by atoms with Gasteiger partial charge in [0, 0.05) is 25.7 Å². The molecule has 1 heterocycles. The number of carbonyl (C=O) groups is 1. The quantitative estimate of drug-likeness (QED) is 0.869. The van der Waals surface area contributed by atoms with Crippen LogP contribution in [0.4, 0.5) is 5.69 Å². The zero-order valence-electron chi connectivity index (χ0n) is 11.5. The highest BCUT2D eigenvalue weighted by Crippen LogP contribution is 2.29. The Balaban J connectivity index is 1.99. The highest BCUT2D eigenvalue weighted by molar-refractivity contribution is 6.39. The van der Waals surface area contributed by atoms with Gasteiger partial charge in [-0.3, -0.25) is 4.79 Å². The molecular weight excluding hydrogens is 297 g/mol. The fourth-order valence-electron chi connectivity index (χ4n) is 2.33. The van der Waals surface area contributed by atoms with E-state index in [-0.39, 0.29) is 5.91 Å². The van der Waals surface area contributed by atoms with Crippen molar-refractivity contribution in [2.24, 2.45) is 0 Å². The van der Waals surface area contributed by atoms with Crippen LogP contribution in [0, 0.1) is 0 Å². The van der Waals surface area contributed by atoms with E-state index < -0.39 is 0 Å². The maximum absolute atomic E-state index is 12.3. The van der Waals surface area contributed by atoms with Gasteiger partial charge in [0.15, 0.2) is 0 Å². The summed E-state index contributed by atoms with van der Waals surface area (Å²) in [4.78, 5) is 16.4. The number of hydrogen-bond donors (Lipinski definition) is 1. The van der Waals surface area contributed by atoms with Gasteiger partial charge < -0.3 is 15.5 Å². The van der Waals surface area contributed by atoms with Crippen LogP contribution in [0.5, 0.6) is 0 Å². The van der Waals surface area contributed by atoms with E-state index in [0.29, 0.717) is 27.8 Å². The Morgan fingerprint density at radius 3 is 2.40 bits per heavy atom. The maximum Gasteiger partial charge on any atom is 0.253 e. The average molecular weight is 316 g/mol. The number of likely N-dealkylation sites (N-methyl/N-ethyl adjacent to an activating group) is 1. The second kappa shape index (κ2) is 6.66. The first-order valence-electron chi connectivity index (χ1n) is 6.71. The largest absolute Gasteiger partial charge is 0.396 e. The molecule has 0 unspecified atom stereocenters. The summed E-state index contributed by atoms with van der Waals surface area (Å²) in [6.45, 7) is 3.85. The van der Waals surface area contributed by atoms with Gasteiger partial charge in [-0.1, -0.05) is 23.2 Å². The predicted octanol–water partition coefficient (Wildman–Crippen LogP) is 2.74. The standard InChI is InChI=1S/C14H19Cl2N3O/c1-18(6-7-19-4-2-3-5-19)14(20)10-8-11(15)13(17)12(16)9-10/h8-9H,2-7,17H2,1H3. The Hall–Kier alpha value is -0.970. The number of benzene rings is 1. The van der Waals surface area contributed by atoms with E-state index in [0.717, 1.165) is 19.6 Å². The van der Waals surface area contributed by atoms with Crippen molar-refractivity contribution in [1.82, 2.24) is 9.80 Å². The zero-order valence-corrected chi connectivity index (χ0v) is 13.0. The van der Waals surface area contributed by atoms with Gasteiger partial charge in [-0.2, -0.15) is 0 Å². The first kappa shape index (κ1) is 15.4. The van der Waals surface area contributed by atoms with Crippen LogP contribution >= 0.6 is 23.2 Å². The number of amides is 1. The molecule has 0 bridgehead atoms. The highest BCUT2D eigenvalue weighted by Gasteiger charge is 2.17. The third kappa shape index (κ3) is 3.57. The smallest absolute Gasteiger partial charge is 0.253 e. The summed E-state index contributed by atoms with van der Waals surface area (Å²) < 4.78 is 0. The summed E-state index contributed by atoms with van der Waals surface area (Å²) in [5.74, 6) is -0.0898. The van der Waals surface area contributed by atoms with E-state index in [1.54, 1.807) is 24.1 Å². The number of likely N-dealkylation sites (tertiary alicyclic amines) is 1. The van der Waals surface area contributed by atoms with E-state index in [9.17, 15) is 4.79 Å². The number of carbonyl (C=O) groups excluding carboxylic acids is 1. The molecule has 6 heteroatoms. The van der Waals surface area contributed by atoms with Crippen LogP contribution in [0.15, 0.2) is 12.1 Å². The number of halogens is 2. The van der Waals surface area contributed by atoms with E-state index >= 15 is 0 Å². The Bertz CT molecular complexity index is 478. The third-order valence-electron chi connectivity index (χ3n) is 3.62. The molecule has 1 amide bonds. The number of nitrogens with two attached hydrogens (primary N) is 1. The minimum absolute atomic E-state index is 0.0898. The second-order valence-electron chi connectivity index (χ2n) is 5.13. The average Bonchev–Trinajstić information content (AvgIpc) is 2.94. The number of rotatable bonds is 4. The van der Waals surface area contributed by atoms with Crippen LogP contribution in [-0.2, 0) is 0 Å². The molecule has 0 aromatic heterocycles. The molecule has 0 aliphatic carbocycles. The Kier molecular flexibility index (Phi) is 5.13. The van der Waals surface area contributed by atoms with Crippen molar-refractivity contribution in [2.45, 2.75) is 12.8 Å². The van der Waals surface area contributed by atoms with Gasteiger partial charge in [0.05, 0.1) is 15.7 Å². The topological polar surface area (TPSA) is 49.6 Å². The van der Waals surface area contributed by atoms with Crippen molar-refractivity contribution in [2.75, 3.05) is 39.0 Å². The van der Waals surface area contributed by atoms with Crippen LogP contribution in [-0.4, -0.2) is 48.9 Å². The van der Waals surface area contributed by atoms with Gasteiger partial charge in [-0.05, 0) is 38.1 Å². The fourth-order valence-corrected chi connectivity index (χ4v) is 2.81. The normalized spacial score (nSPS) is 15.6. The van der Waals surface area contributed by atoms with Crippen molar-refractivity contribution < 1.29 is 4.79 Å². The van der Waals surface area contributed by atoms with E-state index in [1.165, 1.54) is 12.8 Å². The van der Waals surface area contributed by atoms with Crippen molar-refractivity contribution >= 4 is 34.8 Å². The molecule has 1 saturated heterocycles. The van der Waals surface area contributed by atoms with Crippen LogP contribution in [0.1, 0.15) is 23.2 Å². The molecule has 4 nitrogen and oxygen atoms in total. The monoisotopic (exact) mass is 315 g/mol. The number of hydrogen-bond acceptors (Lipinski definition) is 3. The van der Waals surface area contributed by atoms with Gasteiger partial charge in [0.1, 0.15) is 0 Å². The first-order chi connectivity index (χ1) is 9.49. The lowest BCUT2D eigenvalue weighted by molar-refractivity contribution is 0.0782. The molecule has 0 atom stereocenters. The number of nitrogens with zero attached hydrogens (tertiary/aromatic N) is 2. The molecule has 1 aromatic carbocycles. The minimum atomic E-state index is -0.0898. The Labute approximate surface area is 129 Å². The molecule has 1 fully saturated rings. The molecule has 2 rings (SSSR count). The Morgan fingerprint density at radius 1 is 1.30 bits per heavy atom. The predicted molar refractivity (Wildman–Crippen MR) is 83.5 cm³/mol. The summed E-state index contributed by atoms with van der Waals surface area (Å²) in [7, 11) is 1.79. The molecule has 0 radical (unpaired) electrons. The zero-order chi connectivity index (χ0) is 14.7. The van der Waals surface area contributed by atoms with Crippen LogP contribution in [0.2, 0.25) is 10.0 Å². The van der Waals surface area contributed by atoms with Gasteiger partial charge in [-0.25, -0.2) is 0 Å². The minimum Gasteiger partial charge on any atom is -0.396 e. The molecule has 1 aliphatic heterocycles. The summed E-state index contributed by atoms with van der Waals surface area (Å²) >= 11 is 11.9. The summed E-state index contributed by atoms with van der Waals surface area (Å²) in [6, 6.07) is 3.13. The van der Waals surface area contributed by atoms with Crippen molar-refractivity contribution in [3.05, 3.63) is 27.7 Å². The molecule has 0 saturated carbocycles. The number of anilines is 1. The highest BCUT2D eigenvalue weighted by atomic mass is 35.5. The SMILES string of the molecule is CN(CCN1CCCC1)C(=O)c1cc(Cl)c(N)c(Cl)c1. The van der Waals surface area contributed by atoms with Crippen LogP contribution in [0.25, 0.3) is 0 Å². The van der Waals surface area contributed by atoms with Gasteiger partial charge >= 0.3 is 0 Å². The van der Waals surface area contributed by atoms with Gasteiger partial charge in [-0.15, -0.1) is 0 Å².